The summed E-state index contributed by atoms with van der Waals surface area (Å²) in [5.74, 6) is 0.690. The van der Waals surface area contributed by atoms with Gasteiger partial charge in [-0.3, -0.25) is 4.79 Å². The highest BCUT2D eigenvalue weighted by molar-refractivity contribution is 7.98. The molecular weight excluding hydrogens is 338 g/mol. The summed E-state index contributed by atoms with van der Waals surface area (Å²) < 4.78 is 0. The first-order valence-electron chi connectivity index (χ1n) is 7.55. The zero-order valence-corrected chi connectivity index (χ0v) is 14.5. The molecule has 0 heterocycles. The number of carbonyl (C=O) groups excluding carboxylic acids is 1. The molecule has 2 nitrogen and oxygen atoms in total. The van der Waals surface area contributed by atoms with Gasteiger partial charge in [-0.1, -0.05) is 54.1 Å². The molecule has 0 spiro atoms. The molecule has 0 saturated heterocycles. The molecule has 0 aliphatic rings. The Morgan fingerprint density at radius 2 is 1.54 bits per heavy atom. The van der Waals surface area contributed by atoms with Gasteiger partial charge in [0.25, 0.3) is 5.91 Å². The van der Waals surface area contributed by atoms with Crippen LogP contribution in [0.4, 0.5) is 5.69 Å². The summed E-state index contributed by atoms with van der Waals surface area (Å²) >= 11 is 7.83. The molecule has 4 heteroatoms. The third-order valence-corrected chi connectivity index (χ3v) is 4.89. The Morgan fingerprint density at radius 3 is 2.25 bits per heavy atom. The van der Waals surface area contributed by atoms with Gasteiger partial charge in [0, 0.05) is 16.3 Å². The Bertz CT molecular complexity index is 819. The monoisotopic (exact) mass is 353 g/mol. The van der Waals surface area contributed by atoms with Gasteiger partial charge < -0.3 is 5.32 Å². The second-order valence-corrected chi connectivity index (χ2v) is 6.69. The van der Waals surface area contributed by atoms with E-state index in [1.54, 1.807) is 36.0 Å². The molecule has 3 aromatic rings. The van der Waals surface area contributed by atoms with E-state index < -0.39 is 0 Å². The Balaban J connectivity index is 1.60. The third kappa shape index (κ3) is 4.40. The normalized spacial score (nSPS) is 10.4. The van der Waals surface area contributed by atoms with Crippen molar-refractivity contribution in [1.82, 2.24) is 0 Å². The first kappa shape index (κ1) is 16.6. The summed E-state index contributed by atoms with van der Waals surface area (Å²) in [4.78, 5) is 13.5. The summed E-state index contributed by atoms with van der Waals surface area (Å²) in [5, 5.41) is 3.32. The molecule has 3 rings (SSSR count). The summed E-state index contributed by atoms with van der Waals surface area (Å²) in [6.07, 6.45) is 0. The number of amides is 1. The van der Waals surface area contributed by atoms with Crippen LogP contribution in [0.5, 0.6) is 0 Å². The quantitative estimate of drug-likeness (QED) is 0.580. The van der Waals surface area contributed by atoms with E-state index in [4.69, 9.17) is 11.6 Å². The van der Waals surface area contributed by atoms with E-state index in [9.17, 15) is 4.79 Å². The lowest BCUT2D eigenvalue weighted by molar-refractivity contribution is 0.102. The maximum atomic E-state index is 12.2. The fraction of sp³-hybridized carbons (Fsp3) is 0.0500. The summed E-state index contributed by atoms with van der Waals surface area (Å²) in [6.45, 7) is 0. The van der Waals surface area contributed by atoms with Crippen molar-refractivity contribution in [3.8, 4) is 0 Å². The van der Waals surface area contributed by atoms with Gasteiger partial charge in [0.1, 0.15) is 0 Å². The minimum absolute atomic E-state index is 0.202. The lowest BCUT2D eigenvalue weighted by atomic mass is 10.2. The second kappa shape index (κ2) is 8.04. The topological polar surface area (TPSA) is 29.1 Å². The smallest absolute Gasteiger partial charge is 0.257 e. The molecule has 0 unspecified atom stereocenters. The van der Waals surface area contributed by atoms with Crippen LogP contribution in [-0.4, -0.2) is 5.91 Å². The van der Waals surface area contributed by atoms with Gasteiger partial charge in [-0.05, 0) is 42.0 Å². The highest BCUT2D eigenvalue weighted by Crippen LogP contribution is 2.23. The maximum absolute atomic E-state index is 12.2. The fourth-order valence-corrected chi connectivity index (χ4v) is 3.31. The van der Waals surface area contributed by atoms with Crippen molar-refractivity contribution < 1.29 is 4.79 Å². The largest absolute Gasteiger partial charge is 0.322 e. The van der Waals surface area contributed by atoms with E-state index in [1.807, 2.05) is 42.5 Å². The van der Waals surface area contributed by atoms with Crippen molar-refractivity contribution >= 4 is 35.0 Å². The van der Waals surface area contributed by atoms with Crippen LogP contribution >= 0.6 is 23.4 Å². The van der Waals surface area contributed by atoms with Gasteiger partial charge in [-0.2, -0.15) is 0 Å². The molecule has 0 radical (unpaired) electrons. The molecule has 24 heavy (non-hydrogen) atoms. The highest BCUT2D eigenvalue weighted by Gasteiger charge is 2.09. The SMILES string of the molecule is O=C(Nc1ccc(CSc2ccccc2)cc1)c1ccccc1Cl. The van der Waals surface area contributed by atoms with E-state index in [-0.39, 0.29) is 5.91 Å². The minimum atomic E-state index is -0.202. The van der Waals surface area contributed by atoms with E-state index >= 15 is 0 Å². The summed E-state index contributed by atoms with van der Waals surface area (Å²) in [7, 11) is 0. The van der Waals surface area contributed by atoms with E-state index in [2.05, 4.69) is 17.4 Å². The van der Waals surface area contributed by atoms with Gasteiger partial charge in [-0.15, -0.1) is 11.8 Å². The number of hydrogen-bond acceptors (Lipinski definition) is 2. The lowest BCUT2D eigenvalue weighted by Gasteiger charge is -2.08. The first-order chi connectivity index (χ1) is 11.7. The minimum Gasteiger partial charge on any atom is -0.322 e. The lowest BCUT2D eigenvalue weighted by Crippen LogP contribution is -2.12. The van der Waals surface area contributed by atoms with E-state index in [1.165, 1.54) is 10.5 Å². The number of rotatable bonds is 5. The number of hydrogen-bond donors (Lipinski definition) is 1. The molecule has 1 amide bonds. The van der Waals surface area contributed by atoms with Gasteiger partial charge in [0.15, 0.2) is 0 Å². The molecule has 3 aromatic carbocycles. The number of carbonyl (C=O) groups is 1. The average molecular weight is 354 g/mol. The maximum Gasteiger partial charge on any atom is 0.257 e. The molecule has 0 fully saturated rings. The van der Waals surface area contributed by atoms with Crippen LogP contribution in [0.3, 0.4) is 0 Å². The molecule has 120 valence electrons. The van der Waals surface area contributed by atoms with Crippen LogP contribution in [0.25, 0.3) is 0 Å². The Kier molecular flexibility index (Phi) is 5.57. The van der Waals surface area contributed by atoms with Crippen molar-refractivity contribution in [2.45, 2.75) is 10.6 Å². The number of anilines is 1. The van der Waals surface area contributed by atoms with Crippen LogP contribution in [0.15, 0.2) is 83.8 Å². The average Bonchev–Trinajstić information content (AvgIpc) is 2.62. The second-order valence-electron chi connectivity index (χ2n) is 5.23. The zero-order chi connectivity index (χ0) is 16.8. The number of halogens is 1. The predicted octanol–water partition coefficient (Wildman–Crippen LogP) is 5.88. The third-order valence-electron chi connectivity index (χ3n) is 3.48. The van der Waals surface area contributed by atoms with Crippen LogP contribution in [0.2, 0.25) is 5.02 Å². The van der Waals surface area contributed by atoms with E-state index in [0.29, 0.717) is 10.6 Å². The molecule has 0 aliphatic heterocycles. The molecule has 0 saturated carbocycles. The highest BCUT2D eigenvalue weighted by atomic mass is 35.5. The van der Waals surface area contributed by atoms with Crippen molar-refractivity contribution in [2.24, 2.45) is 0 Å². The van der Waals surface area contributed by atoms with Gasteiger partial charge in [0.2, 0.25) is 0 Å². The Morgan fingerprint density at radius 1 is 0.875 bits per heavy atom. The van der Waals surface area contributed by atoms with Crippen LogP contribution in [-0.2, 0) is 5.75 Å². The van der Waals surface area contributed by atoms with Gasteiger partial charge in [0.05, 0.1) is 10.6 Å². The van der Waals surface area contributed by atoms with Crippen LogP contribution in [0, 0.1) is 0 Å². The van der Waals surface area contributed by atoms with E-state index in [0.717, 1.165) is 11.4 Å². The fourth-order valence-electron chi connectivity index (χ4n) is 2.21. The van der Waals surface area contributed by atoms with Crippen molar-refractivity contribution in [2.75, 3.05) is 5.32 Å². The van der Waals surface area contributed by atoms with Gasteiger partial charge >= 0.3 is 0 Å². The standard InChI is InChI=1S/C20H16ClNOS/c21-19-9-5-4-8-18(19)20(23)22-16-12-10-15(11-13-16)14-24-17-6-2-1-3-7-17/h1-13H,14H2,(H,22,23). The first-order valence-corrected chi connectivity index (χ1v) is 8.91. The Labute approximate surface area is 150 Å². The molecule has 0 aromatic heterocycles. The van der Waals surface area contributed by atoms with Gasteiger partial charge in [-0.25, -0.2) is 0 Å². The Hall–Kier alpha value is -2.23. The molecule has 0 aliphatic carbocycles. The molecule has 0 bridgehead atoms. The molecular formula is C20H16ClNOS. The number of benzene rings is 3. The summed E-state index contributed by atoms with van der Waals surface area (Å²) in [5.41, 5.74) is 2.44. The van der Waals surface area contributed by atoms with Crippen molar-refractivity contribution in [1.29, 1.82) is 0 Å². The van der Waals surface area contributed by atoms with Crippen LogP contribution < -0.4 is 5.32 Å². The number of nitrogens with one attached hydrogen (secondary N) is 1. The molecule has 0 atom stereocenters. The number of thioether (sulfide) groups is 1. The van der Waals surface area contributed by atoms with Crippen molar-refractivity contribution in [3.05, 3.63) is 95.0 Å². The predicted molar refractivity (Wildman–Crippen MR) is 102 cm³/mol. The van der Waals surface area contributed by atoms with Crippen LogP contribution in [0.1, 0.15) is 15.9 Å². The zero-order valence-electron chi connectivity index (χ0n) is 12.9. The summed E-state index contributed by atoms with van der Waals surface area (Å²) in [6, 6.07) is 25.2. The molecule has 1 N–H and O–H groups in total. The van der Waals surface area contributed by atoms with Crippen molar-refractivity contribution in [3.63, 3.8) is 0 Å².